The van der Waals surface area contributed by atoms with Gasteiger partial charge in [-0.15, -0.1) is 0 Å². The van der Waals surface area contributed by atoms with Gasteiger partial charge in [0.25, 0.3) is 5.56 Å². The van der Waals surface area contributed by atoms with Crippen molar-refractivity contribution in [2.45, 2.75) is 26.5 Å². The van der Waals surface area contributed by atoms with Crippen LogP contribution >= 0.6 is 15.9 Å². The molecule has 110 valence electrons. The Bertz CT molecular complexity index is 693. The van der Waals surface area contributed by atoms with Gasteiger partial charge in [-0.2, -0.15) is 5.10 Å². The third-order valence-electron chi connectivity index (χ3n) is 2.65. The number of aromatic nitrogens is 2. The van der Waals surface area contributed by atoms with E-state index >= 15 is 0 Å². The monoisotopic (exact) mass is 350 g/mol. The zero-order chi connectivity index (χ0) is 15.4. The lowest BCUT2D eigenvalue weighted by molar-refractivity contribution is -0.148. The number of benzene rings is 1. The Hall–Kier alpha value is -1.95. The summed E-state index contributed by atoms with van der Waals surface area (Å²) in [7, 11) is 0. The summed E-state index contributed by atoms with van der Waals surface area (Å²) >= 11 is 3.36. The van der Waals surface area contributed by atoms with Gasteiger partial charge in [0.1, 0.15) is 6.54 Å². The fourth-order valence-corrected chi connectivity index (χ4v) is 2.02. The van der Waals surface area contributed by atoms with E-state index in [9.17, 15) is 9.59 Å². The third kappa shape index (κ3) is 4.26. The molecule has 0 amide bonds. The summed E-state index contributed by atoms with van der Waals surface area (Å²) < 4.78 is 7.10. The van der Waals surface area contributed by atoms with E-state index in [1.807, 2.05) is 24.3 Å². The van der Waals surface area contributed by atoms with Crippen molar-refractivity contribution in [2.24, 2.45) is 0 Å². The molecule has 1 heterocycles. The van der Waals surface area contributed by atoms with Crippen LogP contribution in [-0.2, 0) is 16.1 Å². The Labute approximate surface area is 130 Å². The highest BCUT2D eigenvalue weighted by atomic mass is 79.9. The van der Waals surface area contributed by atoms with Crippen molar-refractivity contribution in [3.8, 4) is 11.3 Å². The minimum atomic E-state index is -0.479. The molecular weight excluding hydrogens is 336 g/mol. The number of hydrogen-bond acceptors (Lipinski definition) is 4. The van der Waals surface area contributed by atoms with Crippen molar-refractivity contribution in [2.75, 3.05) is 0 Å². The fraction of sp³-hybridized carbons (Fsp3) is 0.267. The lowest BCUT2D eigenvalue weighted by Crippen LogP contribution is -2.28. The zero-order valence-corrected chi connectivity index (χ0v) is 13.3. The molecule has 0 saturated heterocycles. The Morgan fingerprint density at radius 1 is 1.24 bits per heavy atom. The number of ether oxygens (including phenoxy) is 1. The Morgan fingerprint density at radius 3 is 2.52 bits per heavy atom. The number of hydrogen-bond donors (Lipinski definition) is 0. The Balaban J connectivity index is 2.27. The van der Waals surface area contributed by atoms with Crippen LogP contribution in [0.25, 0.3) is 11.3 Å². The van der Waals surface area contributed by atoms with Crippen LogP contribution in [0.3, 0.4) is 0 Å². The van der Waals surface area contributed by atoms with Crippen LogP contribution in [0.1, 0.15) is 13.8 Å². The highest BCUT2D eigenvalue weighted by Crippen LogP contribution is 2.18. The molecule has 0 N–H and O–H groups in total. The summed E-state index contributed by atoms with van der Waals surface area (Å²) in [6, 6.07) is 10.6. The molecule has 0 aliphatic heterocycles. The second-order valence-corrected chi connectivity index (χ2v) is 5.68. The average molecular weight is 351 g/mol. The van der Waals surface area contributed by atoms with Crippen LogP contribution in [-0.4, -0.2) is 21.9 Å². The molecular formula is C15H15BrN2O3. The molecule has 0 radical (unpaired) electrons. The third-order valence-corrected chi connectivity index (χ3v) is 3.18. The number of esters is 1. The minimum absolute atomic E-state index is 0.193. The smallest absolute Gasteiger partial charge is 0.328 e. The highest BCUT2D eigenvalue weighted by Gasteiger charge is 2.10. The Morgan fingerprint density at radius 2 is 1.90 bits per heavy atom. The van der Waals surface area contributed by atoms with E-state index < -0.39 is 5.97 Å². The average Bonchev–Trinajstić information content (AvgIpc) is 2.41. The molecule has 5 nitrogen and oxygen atoms in total. The molecule has 2 aromatic rings. The number of rotatable bonds is 4. The van der Waals surface area contributed by atoms with Crippen molar-refractivity contribution < 1.29 is 9.53 Å². The van der Waals surface area contributed by atoms with E-state index in [2.05, 4.69) is 21.0 Å². The molecule has 2 rings (SSSR count). The summed E-state index contributed by atoms with van der Waals surface area (Å²) in [4.78, 5) is 23.4. The summed E-state index contributed by atoms with van der Waals surface area (Å²) in [5.74, 6) is -0.479. The van der Waals surface area contributed by atoms with Crippen LogP contribution < -0.4 is 5.56 Å². The number of carbonyl (C=O) groups excluding carboxylic acids is 1. The van der Waals surface area contributed by atoms with Gasteiger partial charge in [0, 0.05) is 16.1 Å². The second kappa shape index (κ2) is 6.67. The van der Waals surface area contributed by atoms with Crippen molar-refractivity contribution >= 4 is 21.9 Å². The predicted octanol–water partition coefficient (Wildman–Crippen LogP) is 2.62. The van der Waals surface area contributed by atoms with E-state index in [-0.39, 0.29) is 18.2 Å². The van der Waals surface area contributed by atoms with Crippen LogP contribution in [0.5, 0.6) is 0 Å². The van der Waals surface area contributed by atoms with Gasteiger partial charge in [-0.1, -0.05) is 28.1 Å². The maximum atomic E-state index is 11.8. The van der Waals surface area contributed by atoms with Gasteiger partial charge >= 0.3 is 5.97 Å². The van der Waals surface area contributed by atoms with E-state index in [1.165, 1.54) is 6.07 Å². The molecule has 0 aliphatic rings. The van der Waals surface area contributed by atoms with Crippen LogP contribution in [0.2, 0.25) is 0 Å². The van der Waals surface area contributed by atoms with Crippen molar-refractivity contribution in [1.82, 2.24) is 9.78 Å². The fourth-order valence-electron chi connectivity index (χ4n) is 1.76. The van der Waals surface area contributed by atoms with Gasteiger partial charge in [0.05, 0.1) is 11.8 Å². The quantitative estimate of drug-likeness (QED) is 0.795. The normalized spacial score (nSPS) is 10.7. The van der Waals surface area contributed by atoms with Crippen molar-refractivity contribution in [3.63, 3.8) is 0 Å². The molecule has 0 atom stereocenters. The maximum absolute atomic E-state index is 11.8. The lowest BCUT2D eigenvalue weighted by atomic mass is 10.1. The van der Waals surface area contributed by atoms with E-state index in [0.717, 1.165) is 14.7 Å². The van der Waals surface area contributed by atoms with Crippen molar-refractivity contribution in [1.29, 1.82) is 0 Å². The first-order valence-electron chi connectivity index (χ1n) is 6.49. The predicted molar refractivity (Wildman–Crippen MR) is 82.9 cm³/mol. The number of halogens is 1. The first kappa shape index (κ1) is 15.4. The lowest BCUT2D eigenvalue weighted by Gasteiger charge is -2.09. The number of carbonyl (C=O) groups is 1. The minimum Gasteiger partial charge on any atom is -0.462 e. The molecule has 0 bridgehead atoms. The molecule has 21 heavy (non-hydrogen) atoms. The molecule has 0 saturated carbocycles. The largest absolute Gasteiger partial charge is 0.462 e. The summed E-state index contributed by atoms with van der Waals surface area (Å²) in [6.45, 7) is 3.32. The van der Waals surface area contributed by atoms with E-state index in [4.69, 9.17) is 4.74 Å². The first-order valence-corrected chi connectivity index (χ1v) is 7.28. The first-order chi connectivity index (χ1) is 9.95. The summed E-state index contributed by atoms with van der Waals surface area (Å²) in [5, 5.41) is 4.21. The van der Waals surface area contributed by atoms with Crippen LogP contribution in [0.4, 0.5) is 0 Å². The SMILES string of the molecule is CC(C)OC(=O)Cn1nc(-c2ccc(Br)cc2)ccc1=O. The molecule has 0 unspecified atom stereocenters. The molecule has 0 aliphatic carbocycles. The molecule has 1 aromatic carbocycles. The molecule has 1 aromatic heterocycles. The van der Waals surface area contributed by atoms with Crippen LogP contribution in [0.15, 0.2) is 45.7 Å². The van der Waals surface area contributed by atoms with Crippen LogP contribution in [0, 0.1) is 0 Å². The highest BCUT2D eigenvalue weighted by molar-refractivity contribution is 9.10. The van der Waals surface area contributed by atoms with E-state index in [1.54, 1.807) is 19.9 Å². The van der Waals surface area contributed by atoms with E-state index in [0.29, 0.717) is 5.69 Å². The van der Waals surface area contributed by atoms with Crippen molar-refractivity contribution in [3.05, 3.63) is 51.2 Å². The van der Waals surface area contributed by atoms with Gasteiger partial charge in [0.2, 0.25) is 0 Å². The van der Waals surface area contributed by atoms with Gasteiger partial charge in [-0.3, -0.25) is 9.59 Å². The topological polar surface area (TPSA) is 61.2 Å². The second-order valence-electron chi connectivity index (χ2n) is 4.76. The van der Waals surface area contributed by atoms with Gasteiger partial charge in [-0.25, -0.2) is 4.68 Å². The van der Waals surface area contributed by atoms with Gasteiger partial charge in [0.15, 0.2) is 0 Å². The zero-order valence-electron chi connectivity index (χ0n) is 11.7. The summed E-state index contributed by atoms with van der Waals surface area (Å²) in [5.41, 5.74) is 1.15. The molecule has 6 heteroatoms. The number of nitrogens with zero attached hydrogens (tertiary/aromatic N) is 2. The molecule has 0 fully saturated rings. The molecule has 0 spiro atoms. The van der Waals surface area contributed by atoms with Gasteiger partial charge in [-0.05, 0) is 32.0 Å². The standard InChI is InChI=1S/C15H15BrN2O3/c1-10(2)21-15(20)9-18-14(19)8-7-13(17-18)11-3-5-12(16)6-4-11/h3-8,10H,9H2,1-2H3. The summed E-state index contributed by atoms with van der Waals surface area (Å²) in [6.07, 6.45) is -0.220. The maximum Gasteiger partial charge on any atom is 0.328 e. The Kier molecular flexibility index (Phi) is 4.90. The van der Waals surface area contributed by atoms with Gasteiger partial charge < -0.3 is 4.74 Å².